The molecule has 2 aromatic heterocycles. The number of nitrogens with zero attached hydrogens (tertiary/aromatic N) is 4. The molecule has 0 aliphatic carbocycles. The Balaban J connectivity index is 2.03. The molecule has 0 aliphatic heterocycles. The van der Waals surface area contributed by atoms with Crippen LogP contribution in [0.1, 0.15) is 51.4 Å². The minimum absolute atomic E-state index is 0.383. The quantitative estimate of drug-likeness (QED) is 0.678. The van der Waals surface area contributed by atoms with E-state index in [1.807, 2.05) is 20.8 Å². The summed E-state index contributed by atoms with van der Waals surface area (Å²) in [7, 11) is 0. The molecule has 1 N–H and O–H groups in total. The van der Waals surface area contributed by atoms with Gasteiger partial charge < -0.3 is 5.11 Å². The number of hydrogen-bond acceptors (Lipinski definition) is 5. The van der Waals surface area contributed by atoms with Gasteiger partial charge in [-0.3, -0.25) is 4.98 Å². The molecule has 0 radical (unpaired) electrons. The van der Waals surface area contributed by atoms with E-state index < -0.39 is 22.2 Å². The zero-order chi connectivity index (χ0) is 22.2. The molecule has 0 saturated carbocycles. The summed E-state index contributed by atoms with van der Waals surface area (Å²) in [6, 6.07) is 10.4. The maximum atomic E-state index is 14.8. The molecular formula is C24H25FN4O. The molecule has 1 unspecified atom stereocenters. The van der Waals surface area contributed by atoms with E-state index in [1.54, 1.807) is 56.7 Å². The fourth-order valence-electron chi connectivity index (χ4n) is 3.42. The smallest absolute Gasteiger partial charge is 0.139 e. The monoisotopic (exact) mass is 404 g/mol. The van der Waals surface area contributed by atoms with Crippen LogP contribution in [0.5, 0.6) is 0 Å². The van der Waals surface area contributed by atoms with Crippen molar-refractivity contribution in [1.82, 2.24) is 15.0 Å². The number of aliphatic hydroxyl groups is 1. The van der Waals surface area contributed by atoms with Gasteiger partial charge in [0.25, 0.3) is 0 Å². The van der Waals surface area contributed by atoms with E-state index in [0.29, 0.717) is 27.9 Å². The molecule has 0 bridgehead atoms. The molecule has 0 amide bonds. The Labute approximate surface area is 176 Å². The van der Waals surface area contributed by atoms with Crippen LogP contribution in [0.4, 0.5) is 4.39 Å². The Hall–Kier alpha value is -3.17. The molecule has 2 heterocycles. The molecule has 0 spiro atoms. The highest BCUT2D eigenvalue weighted by Gasteiger charge is 2.45. The summed E-state index contributed by atoms with van der Waals surface area (Å²) >= 11 is 0. The van der Waals surface area contributed by atoms with E-state index in [4.69, 9.17) is 0 Å². The number of hydrogen-bond donors (Lipinski definition) is 1. The van der Waals surface area contributed by atoms with Crippen molar-refractivity contribution in [2.75, 3.05) is 0 Å². The summed E-state index contributed by atoms with van der Waals surface area (Å²) in [5.41, 5.74) is -0.256. The standard InChI is InChI=1S/C24H25FN4O/c1-22(2,3)24(30,18-12-27-15-28-13-18)21-9-6-16(11-29-21)19-8-7-17(10-20(19)25)23(4,5)14-26/h6-13,15,30H,1-5H3. The molecule has 1 aromatic carbocycles. The molecule has 154 valence electrons. The lowest BCUT2D eigenvalue weighted by Gasteiger charge is -2.39. The summed E-state index contributed by atoms with van der Waals surface area (Å²) in [4.78, 5) is 12.5. The molecular weight excluding hydrogens is 379 g/mol. The number of rotatable bonds is 4. The Kier molecular flexibility index (Phi) is 5.44. The molecule has 0 aliphatic rings. The van der Waals surface area contributed by atoms with E-state index >= 15 is 0 Å². The van der Waals surface area contributed by atoms with E-state index in [0.717, 1.165) is 0 Å². The fraction of sp³-hybridized carbons (Fsp3) is 0.333. The Morgan fingerprint density at radius 1 is 0.933 bits per heavy atom. The fourth-order valence-corrected chi connectivity index (χ4v) is 3.42. The highest BCUT2D eigenvalue weighted by molar-refractivity contribution is 5.64. The van der Waals surface area contributed by atoms with Crippen LogP contribution in [0.2, 0.25) is 0 Å². The van der Waals surface area contributed by atoms with Gasteiger partial charge in [-0.1, -0.05) is 39.0 Å². The summed E-state index contributed by atoms with van der Waals surface area (Å²) in [5.74, 6) is -0.423. The SMILES string of the molecule is CC(C)(C#N)c1ccc(-c2ccc(C(O)(c3cncnc3)C(C)(C)C)nc2)c(F)c1. The zero-order valence-electron chi connectivity index (χ0n) is 17.8. The molecule has 5 nitrogen and oxygen atoms in total. The van der Waals surface area contributed by atoms with Crippen LogP contribution >= 0.6 is 0 Å². The minimum atomic E-state index is -1.42. The Bertz CT molecular complexity index is 1080. The van der Waals surface area contributed by atoms with E-state index in [1.165, 1.54) is 12.4 Å². The van der Waals surface area contributed by atoms with Gasteiger partial charge >= 0.3 is 0 Å². The van der Waals surface area contributed by atoms with Crippen LogP contribution in [0.15, 0.2) is 55.2 Å². The van der Waals surface area contributed by atoms with Crippen LogP contribution in [0.25, 0.3) is 11.1 Å². The third kappa shape index (κ3) is 3.69. The van der Waals surface area contributed by atoms with Crippen LogP contribution in [-0.2, 0) is 11.0 Å². The van der Waals surface area contributed by atoms with E-state index in [9.17, 15) is 14.8 Å². The van der Waals surface area contributed by atoms with Crippen LogP contribution in [0.3, 0.4) is 0 Å². The Morgan fingerprint density at radius 3 is 2.10 bits per heavy atom. The lowest BCUT2D eigenvalue weighted by Crippen LogP contribution is -2.42. The highest BCUT2D eigenvalue weighted by atomic mass is 19.1. The topological polar surface area (TPSA) is 82.7 Å². The third-order valence-electron chi connectivity index (χ3n) is 5.48. The van der Waals surface area contributed by atoms with Gasteiger partial charge in [-0.2, -0.15) is 5.26 Å². The number of benzene rings is 1. The first-order valence-electron chi connectivity index (χ1n) is 9.67. The van der Waals surface area contributed by atoms with Crippen molar-refractivity contribution < 1.29 is 9.50 Å². The maximum Gasteiger partial charge on any atom is 0.139 e. The molecule has 30 heavy (non-hydrogen) atoms. The molecule has 0 fully saturated rings. The van der Waals surface area contributed by atoms with Gasteiger partial charge in [0.2, 0.25) is 0 Å². The van der Waals surface area contributed by atoms with Gasteiger partial charge in [0, 0.05) is 40.7 Å². The predicted molar refractivity (Wildman–Crippen MR) is 113 cm³/mol. The van der Waals surface area contributed by atoms with Crippen molar-refractivity contribution in [3.8, 4) is 17.2 Å². The van der Waals surface area contributed by atoms with Crippen molar-refractivity contribution in [2.24, 2.45) is 5.41 Å². The van der Waals surface area contributed by atoms with Crippen molar-refractivity contribution >= 4 is 0 Å². The van der Waals surface area contributed by atoms with Gasteiger partial charge in [-0.25, -0.2) is 14.4 Å². The lowest BCUT2D eigenvalue weighted by molar-refractivity contribution is -0.0301. The summed E-state index contributed by atoms with van der Waals surface area (Å²) < 4.78 is 14.8. The molecule has 3 rings (SSSR count). The third-order valence-corrected chi connectivity index (χ3v) is 5.48. The average molecular weight is 404 g/mol. The van der Waals surface area contributed by atoms with E-state index in [-0.39, 0.29) is 0 Å². The molecule has 0 saturated heterocycles. The van der Waals surface area contributed by atoms with Crippen molar-refractivity contribution in [1.29, 1.82) is 5.26 Å². The highest BCUT2D eigenvalue weighted by Crippen LogP contribution is 2.43. The number of aromatic nitrogens is 3. The van der Waals surface area contributed by atoms with Gasteiger partial charge in [0.05, 0.1) is 17.2 Å². The van der Waals surface area contributed by atoms with Gasteiger partial charge in [0.1, 0.15) is 17.7 Å². The van der Waals surface area contributed by atoms with Gasteiger partial charge in [-0.05, 0) is 31.5 Å². The second-order valence-electron chi connectivity index (χ2n) is 8.95. The normalized spacial score (nSPS) is 14.1. The first-order chi connectivity index (χ1) is 14.0. The summed E-state index contributed by atoms with van der Waals surface area (Å²) in [6.07, 6.45) is 6.10. The van der Waals surface area contributed by atoms with Crippen molar-refractivity contribution in [2.45, 2.75) is 45.6 Å². The minimum Gasteiger partial charge on any atom is -0.378 e. The second-order valence-corrected chi connectivity index (χ2v) is 8.95. The van der Waals surface area contributed by atoms with Crippen LogP contribution in [-0.4, -0.2) is 20.1 Å². The molecule has 1 atom stereocenters. The molecule has 6 heteroatoms. The second kappa shape index (κ2) is 7.58. The predicted octanol–water partition coefficient (Wildman–Crippen LogP) is 4.76. The first-order valence-corrected chi connectivity index (χ1v) is 9.67. The van der Waals surface area contributed by atoms with Crippen molar-refractivity contribution in [3.05, 3.63) is 77.9 Å². The van der Waals surface area contributed by atoms with Gasteiger partial charge in [-0.15, -0.1) is 0 Å². The van der Waals surface area contributed by atoms with Crippen LogP contribution < -0.4 is 0 Å². The van der Waals surface area contributed by atoms with Crippen molar-refractivity contribution in [3.63, 3.8) is 0 Å². The van der Waals surface area contributed by atoms with Gasteiger partial charge in [0.15, 0.2) is 0 Å². The zero-order valence-corrected chi connectivity index (χ0v) is 17.8. The number of halogens is 1. The van der Waals surface area contributed by atoms with Crippen LogP contribution in [0, 0.1) is 22.6 Å². The van der Waals surface area contributed by atoms with E-state index in [2.05, 4.69) is 21.0 Å². The largest absolute Gasteiger partial charge is 0.378 e. The Morgan fingerprint density at radius 2 is 1.60 bits per heavy atom. The molecule has 3 aromatic rings. The average Bonchev–Trinajstić information content (AvgIpc) is 2.73. The lowest BCUT2D eigenvalue weighted by atomic mass is 9.70. The summed E-state index contributed by atoms with van der Waals surface area (Å²) in [5, 5.41) is 20.9. The number of pyridine rings is 1. The summed E-state index contributed by atoms with van der Waals surface area (Å²) in [6.45, 7) is 9.22. The maximum absolute atomic E-state index is 14.8. The number of nitriles is 1. The first kappa shape index (κ1) is 21.5.